The van der Waals surface area contributed by atoms with Crippen LogP contribution in [0, 0.1) is 0 Å². The number of hydrogen-bond acceptors (Lipinski definition) is 3. The molecule has 0 aromatic heterocycles. The standard InChI is InChI=1S/C13H28N2O/c1-6-12(9-14-13(3,4)5)15-7-8-16-10-11(15)2/h11-12,14H,6-10H2,1-5H3. The summed E-state index contributed by atoms with van der Waals surface area (Å²) in [4.78, 5) is 2.59. The summed E-state index contributed by atoms with van der Waals surface area (Å²) in [6.07, 6.45) is 1.20. The highest BCUT2D eigenvalue weighted by Gasteiger charge is 2.26. The van der Waals surface area contributed by atoms with E-state index in [4.69, 9.17) is 4.74 Å². The third-order valence-corrected chi connectivity index (χ3v) is 3.23. The van der Waals surface area contributed by atoms with E-state index in [9.17, 15) is 0 Å². The van der Waals surface area contributed by atoms with Crippen LogP contribution < -0.4 is 5.32 Å². The fourth-order valence-corrected chi connectivity index (χ4v) is 2.20. The first-order valence-electron chi connectivity index (χ1n) is 6.52. The molecule has 1 heterocycles. The van der Waals surface area contributed by atoms with Gasteiger partial charge >= 0.3 is 0 Å². The monoisotopic (exact) mass is 228 g/mol. The molecule has 0 aliphatic carbocycles. The zero-order chi connectivity index (χ0) is 12.2. The van der Waals surface area contributed by atoms with Crippen molar-refractivity contribution in [2.24, 2.45) is 0 Å². The third kappa shape index (κ3) is 4.40. The molecule has 0 saturated carbocycles. The van der Waals surface area contributed by atoms with Crippen LogP contribution >= 0.6 is 0 Å². The van der Waals surface area contributed by atoms with Gasteiger partial charge in [-0.1, -0.05) is 6.92 Å². The van der Waals surface area contributed by atoms with Crippen molar-refractivity contribution in [2.45, 2.75) is 58.7 Å². The summed E-state index contributed by atoms with van der Waals surface area (Å²) in [5, 5.41) is 3.61. The third-order valence-electron chi connectivity index (χ3n) is 3.23. The highest BCUT2D eigenvalue weighted by Crippen LogP contribution is 2.13. The van der Waals surface area contributed by atoms with Crippen LogP contribution in [0.2, 0.25) is 0 Å². The molecule has 1 aliphatic rings. The van der Waals surface area contributed by atoms with E-state index in [0.717, 1.165) is 26.3 Å². The quantitative estimate of drug-likeness (QED) is 0.795. The van der Waals surface area contributed by atoms with Crippen LogP contribution in [0.4, 0.5) is 0 Å². The lowest BCUT2D eigenvalue weighted by molar-refractivity contribution is -0.0233. The molecule has 1 saturated heterocycles. The van der Waals surface area contributed by atoms with E-state index < -0.39 is 0 Å². The maximum absolute atomic E-state index is 5.49. The zero-order valence-corrected chi connectivity index (χ0v) is 11.5. The molecule has 3 heteroatoms. The second-order valence-corrected chi connectivity index (χ2v) is 5.85. The van der Waals surface area contributed by atoms with Gasteiger partial charge in [-0.25, -0.2) is 0 Å². The summed E-state index contributed by atoms with van der Waals surface area (Å²) < 4.78 is 5.49. The topological polar surface area (TPSA) is 24.5 Å². The Bertz CT molecular complexity index is 201. The maximum atomic E-state index is 5.49. The molecule has 16 heavy (non-hydrogen) atoms. The summed E-state index contributed by atoms with van der Waals surface area (Å²) in [5.41, 5.74) is 0.211. The minimum absolute atomic E-state index is 0.211. The normalized spacial score (nSPS) is 25.7. The molecular weight excluding hydrogens is 200 g/mol. The van der Waals surface area contributed by atoms with Crippen molar-refractivity contribution in [1.82, 2.24) is 10.2 Å². The molecule has 96 valence electrons. The molecular formula is C13H28N2O. The predicted molar refractivity (Wildman–Crippen MR) is 68.8 cm³/mol. The SMILES string of the molecule is CCC(CNC(C)(C)C)N1CCOCC1C. The van der Waals surface area contributed by atoms with E-state index in [1.165, 1.54) is 6.42 Å². The van der Waals surface area contributed by atoms with Gasteiger partial charge in [0.15, 0.2) is 0 Å². The lowest BCUT2D eigenvalue weighted by Gasteiger charge is -2.40. The van der Waals surface area contributed by atoms with E-state index >= 15 is 0 Å². The van der Waals surface area contributed by atoms with Gasteiger partial charge in [-0.05, 0) is 34.1 Å². The second kappa shape index (κ2) is 5.99. The predicted octanol–water partition coefficient (Wildman–Crippen LogP) is 1.87. The van der Waals surface area contributed by atoms with Gasteiger partial charge < -0.3 is 10.1 Å². The molecule has 0 spiro atoms. The van der Waals surface area contributed by atoms with Crippen molar-refractivity contribution >= 4 is 0 Å². The maximum Gasteiger partial charge on any atom is 0.0619 e. The molecule has 0 aromatic carbocycles. The van der Waals surface area contributed by atoms with Gasteiger partial charge in [0.1, 0.15) is 0 Å². The van der Waals surface area contributed by atoms with Crippen molar-refractivity contribution in [1.29, 1.82) is 0 Å². The molecule has 1 N–H and O–H groups in total. The highest BCUT2D eigenvalue weighted by atomic mass is 16.5. The summed E-state index contributed by atoms with van der Waals surface area (Å²) in [5.74, 6) is 0. The number of nitrogens with one attached hydrogen (secondary N) is 1. The molecule has 0 radical (unpaired) electrons. The van der Waals surface area contributed by atoms with E-state index in [2.05, 4.69) is 44.8 Å². The van der Waals surface area contributed by atoms with Gasteiger partial charge in [-0.15, -0.1) is 0 Å². The Labute approximate surface area is 101 Å². The highest BCUT2D eigenvalue weighted by molar-refractivity contribution is 4.82. The number of ether oxygens (including phenoxy) is 1. The molecule has 2 unspecified atom stereocenters. The zero-order valence-electron chi connectivity index (χ0n) is 11.5. The number of nitrogens with zero attached hydrogens (tertiary/aromatic N) is 1. The minimum Gasteiger partial charge on any atom is -0.379 e. The molecule has 0 amide bonds. The van der Waals surface area contributed by atoms with Crippen LogP contribution in [0.25, 0.3) is 0 Å². The first-order chi connectivity index (χ1) is 7.44. The summed E-state index contributed by atoms with van der Waals surface area (Å²) in [6.45, 7) is 15.1. The summed E-state index contributed by atoms with van der Waals surface area (Å²) in [7, 11) is 0. The largest absolute Gasteiger partial charge is 0.379 e. The van der Waals surface area contributed by atoms with Crippen LogP contribution in [0.1, 0.15) is 41.0 Å². The Morgan fingerprint density at radius 1 is 1.44 bits per heavy atom. The van der Waals surface area contributed by atoms with Crippen LogP contribution in [-0.4, -0.2) is 48.8 Å². The Kier molecular flexibility index (Phi) is 5.22. The van der Waals surface area contributed by atoms with Crippen LogP contribution in [0.3, 0.4) is 0 Å². The first kappa shape index (κ1) is 13.9. The molecule has 2 atom stereocenters. The van der Waals surface area contributed by atoms with Crippen molar-refractivity contribution in [3.63, 3.8) is 0 Å². The summed E-state index contributed by atoms with van der Waals surface area (Å²) >= 11 is 0. The van der Waals surface area contributed by atoms with Gasteiger partial charge in [-0.2, -0.15) is 0 Å². The second-order valence-electron chi connectivity index (χ2n) is 5.85. The number of hydrogen-bond donors (Lipinski definition) is 1. The average Bonchev–Trinajstić information content (AvgIpc) is 2.20. The molecule has 0 bridgehead atoms. The van der Waals surface area contributed by atoms with Gasteiger partial charge in [0.25, 0.3) is 0 Å². The smallest absolute Gasteiger partial charge is 0.0619 e. The van der Waals surface area contributed by atoms with Crippen molar-refractivity contribution < 1.29 is 4.74 Å². The van der Waals surface area contributed by atoms with Crippen molar-refractivity contribution in [3.8, 4) is 0 Å². The van der Waals surface area contributed by atoms with E-state index in [0.29, 0.717) is 12.1 Å². The summed E-state index contributed by atoms with van der Waals surface area (Å²) in [6, 6.07) is 1.19. The Morgan fingerprint density at radius 3 is 2.62 bits per heavy atom. The van der Waals surface area contributed by atoms with Gasteiger partial charge in [0, 0.05) is 30.7 Å². The first-order valence-corrected chi connectivity index (χ1v) is 6.52. The molecule has 3 nitrogen and oxygen atoms in total. The Hall–Kier alpha value is -0.120. The lowest BCUT2D eigenvalue weighted by atomic mass is 10.1. The van der Waals surface area contributed by atoms with Gasteiger partial charge in [0.05, 0.1) is 13.2 Å². The Morgan fingerprint density at radius 2 is 2.12 bits per heavy atom. The minimum atomic E-state index is 0.211. The van der Waals surface area contributed by atoms with E-state index in [1.54, 1.807) is 0 Å². The number of morpholine rings is 1. The van der Waals surface area contributed by atoms with Crippen LogP contribution in [0.15, 0.2) is 0 Å². The molecule has 0 aromatic rings. The fourth-order valence-electron chi connectivity index (χ4n) is 2.20. The van der Waals surface area contributed by atoms with E-state index in [1.807, 2.05) is 0 Å². The van der Waals surface area contributed by atoms with Crippen molar-refractivity contribution in [3.05, 3.63) is 0 Å². The number of rotatable bonds is 4. The van der Waals surface area contributed by atoms with Crippen LogP contribution in [0.5, 0.6) is 0 Å². The fraction of sp³-hybridized carbons (Fsp3) is 1.00. The average molecular weight is 228 g/mol. The van der Waals surface area contributed by atoms with Crippen molar-refractivity contribution in [2.75, 3.05) is 26.3 Å². The lowest BCUT2D eigenvalue weighted by Crippen LogP contribution is -2.54. The van der Waals surface area contributed by atoms with Gasteiger partial charge in [-0.3, -0.25) is 4.90 Å². The Balaban J connectivity index is 2.45. The van der Waals surface area contributed by atoms with Crippen LogP contribution in [-0.2, 0) is 4.74 Å². The molecule has 1 aliphatic heterocycles. The van der Waals surface area contributed by atoms with E-state index in [-0.39, 0.29) is 5.54 Å². The molecule has 1 fully saturated rings. The van der Waals surface area contributed by atoms with Gasteiger partial charge in [0.2, 0.25) is 0 Å². The molecule has 1 rings (SSSR count).